The molecule has 0 bridgehead atoms. The molecule has 0 unspecified atom stereocenters. The van der Waals surface area contributed by atoms with Crippen LogP contribution in [0, 0.1) is 0 Å². The third-order valence-electron chi connectivity index (χ3n) is 1.16. The van der Waals surface area contributed by atoms with Crippen LogP contribution in [-0.2, 0) is 0 Å². The molecule has 0 atom stereocenters. The highest BCUT2D eigenvalue weighted by Gasteiger charge is 2.05. The van der Waals surface area contributed by atoms with E-state index in [0.29, 0.717) is 0 Å². The maximum atomic E-state index is 4.10. The van der Waals surface area contributed by atoms with Gasteiger partial charge in [-0.2, -0.15) is 0 Å². The maximum Gasteiger partial charge on any atom is 0.180 e. The SMILES string of the molecule is Brc1cncnc1Sc1nncs1. The molecule has 0 spiro atoms. The number of hydrogen-bond donors (Lipinski definition) is 0. The molecule has 0 aromatic carbocycles. The third kappa shape index (κ3) is 2.23. The third-order valence-corrected chi connectivity index (χ3v) is 3.80. The summed E-state index contributed by atoms with van der Waals surface area (Å²) in [4.78, 5) is 7.97. The van der Waals surface area contributed by atoms with Crippen LogP contribution in [0.15, 0.2) is 31.9 Å². The van der Waals surface area contributed by atoms with E-state index in [4.69, 9.17) is 0 Å². The van der Waals surface area contributed by atoms with Crippen LogP contribution in [0.1, 0.15) is 0 Å². The number of halogens is 1. The first-order valence-corrected chi connectivity index (χ1v) is 5.74. The zero-order chi connectivity index (χ0) is 9.10. The molecule has 0 saturated carbocycles. The van der Waals surface area contributed by atoms with E-state index in [9.17, 15) is 0 Å². The second kappa shape index (κ2) is 4.12. The van der Waals surface area contributed by atoms with Gasteiger partial charge in [-0.1, -0.05) is 11.3 Å². The Balaban J connectivity index is 2.24. The number of rotatable bonds is 2. The van der Waals surface area contributed by atoms with E-state index in [0.717, 1.165) is 13.8 Å². The fourth-order valence-corrected chi connectivity index (χ4v) is 2.47. The first-order chi connectivity index (χ1) is 6.36. The van der Waals surface area contributed by atoms with Crippen LogP contribution in [0.4, 0.5) is 0 Å². The largest absolute Gasteiger partial charge is 0.244 e. The lowest BCUT2D eigenvalue weighted by Gasteiger charge is -1.96. The van der Waals surface area contributed by atoms with Crippen molar-refractivity contribution in [2.75, 3.05) is 0 Å². The van der Waals surface area contributed by atoms with Gasteiger partial charge in [0.15, 0.2) is 4.34 Å². The molecule has 0 amide bonds. The summed E-state index contributed by atoms with van der Waals surface area (Å²) in [5.74, 6) is 0. The molecule has 7 heteroatoms. The summed E-state index contributed by atoms with van der Waals surface area (Å²) in [7, 11) is 0. The molecule has 13 heavy (non-hydrogen) atoms. The maximum absolute atomic E-state index is 4.10. The highest BCUT2D eigenvalue weighted by molar-refractivity contribution is 9.10. The number of hydrogen-bond acceptors (Lipinski definition) is 6. The standard InChI is InChI=1S/C6H3BrN4S2/c7-4-1-8-2-9-5(4)13-6-11-10-3-12-6/h1-3H. The van der Waals surface area contributed by atoms with E-state index in [2.05, 4.69) is 36.1 Å². The van der Waals surface area contributed by atoms with Crippen molar-refractivity contribution in [3.63, 3.8) is 0 Å². The van der Waals surface area contributed by atoms with E-state index >= 15 is 0 Å². The topological polar surface area (TPSA) is 51.6 Å². The summed E-state index contributed by atoms with van der Waals surface area (Å²) in [5.41, 5.74) is 1.69. The lowest BCUT2D eigenvalue weighted by molar-refractivity contribution is 0.992. The van der Waals surface area contributed by atoms with Gasteiger partial charge in [-0.25, -0.2) is 9.97 Å². The van der Waals surface area contributed by atoms with Gasteiger partial charge in [-0.3, -0.25) is 0 Å². The van der Waals surface area contributed by atoms with Crippen molar-refractivity contribution in [1.82, 2.24) is 20.2 Å². The van der Waals surface area contributed by atoms with Gasteiger partial charge in [0.25, 0.3) is 0 Å². The second-order valence-electron chi connectivity index (χ2n) is 1.98. The fraction of sp³-hybridized carbons (Fsp3) is 0. The Hall–Kier alpha value is -0.530. The van der Waals surface area contributed by atoms with E-state index in [1.54, 1.807) is 11.7 Å². The van der Waals surface area contributed by atoms with E-state index < -0.39 is 0 Å². The minimum Gasteiger partial charge on any atom is -0.244 e. The van der Waals surface area contributed by atoms with E-state index in [-0.39, 0.29) is 0 Å². The second-order valence-corrected chi connectivity index (χ2v) is 4.91. The lowest BCUT2D eigenvalue weighted by Crippen LogP contribution is -1.83. The molecule has 66 valence electrons. The van der Waals surface area contributed by atoms with Crippen molar-refractivity contribution in [2.24, 2.45) is 0 Å². The summed E-state index contributed by atoms with van der Waals surface area (Å²) in [5, 5.41) is 8.49. The van der Waals surface area contributed by atoms with Crippen molar-refractivity contribution in [3.05, 3.63) is 22.5 Å². The molecule has 0 aliphatic carbocycles. The molecule has 2 rings (SSSR count). The number of nitrogens with zero attached hydrogens (tertiary/aromatic N) is 4. The normalized spacial score (nSPS) is 10.2. The number of aromatic nitrogens is 4. The van der Waals surface area contributed by atoms with Gasteiger partial charge in [0.2, 0.25) is 0 Å². The van der Waals surface area contributed by atoms with Crippen molar-refractivity contribution in [2.45, 2.75) is 9.37 Å². The predicted molar refractivity (Wildman–Crippen MR) is 53.8 cm³/mol. The highest BCUT2D eigenvalue weighted by atomic mass is 79.9. The zero-order valence-electron chi connectivity index (χ0n) is 6.22. The molecule has 2 aromatic heterocycles. The molecule has 2 aromatic rings. The Kier molecular flexibility index (Phi) is 2.87. The minimum absolute atomic E-state index is 0.853. The summed E-state index contributed by atoms with van der Waals surface area (Å²) in [6.45, 7) is 0. The van der Waals surface area contributed by atoms with Crippen LogP contribution >= 0.6 is 39.0 Å². The quantitative estimate of drug-likeness (QED) is 0.787. The summed E-state index contributed by atoms with van der Waals surface area (Å²) in [6.07, 6.45) is 3.21. The van der Waals surface area contributed by atoms with E-state index in [1.165, 1.54) is 29.4 Å². The first-order valence-electron chi connectivity index (χ1n) is 3.26. The van der Waals surface area contributed by atoms with Crippen LogP contribution in [0.3, 0.4) is 0 Å². The van der Waals surface area contributed by atoms with Crippen molar-refractivity contribution < 1.29 is 0 Å². The van der Waals surface area contributed by atoms with Crippen LogP contribution < -0.4 is 0 Å². The molecule has 0 radical (unpaired) electrons. The smallest absolute Gasteiger partial charge is 0.180 e. The predicted octanol–water partition coefficient (Wildman–Crippen LogP) is 2.24. The molecule has 0 aliphatic heterocycles. The Labute approximate surface area is 91.0 Å². The Morgan fingerprint density at radius 3 is 3.08 bits per heavy atom. The summed E-state index contributed by atoms with van der Waals surface area (Å²) < 4.78 is 1.75. The van der Waals surface area contributed by atoms with Crippen LogP contribution in [0.25, 0.3) is 0 Å². The summed E-state index contributed by atoms with van der Waals surface area (Å²) in [6, 6.07) is 0. The fourth-order valence-electron chi connectivity index (χ4n) is 0.667. The Morgan fingerprint density at radius 2 is 2.38 bits per heavy atom. The Bertz CT molecular complexity index is 391. The molecule has 4 nitrogen and oxygen atoms in total. The van der Waals surface area contributed by atoms with Gasteiger partial charge in [0.05, 0.1) is 4.47 Å². The molecular formula is C6H3BrN4S2. The summed E-state index contributed by atoms with van der Waals surface area (Å²) >= 11 is 6.31. The molecular weight excluding hydrogens is 272 g/mol. The van der Waals surface area contributed by atoms with Crippen LogP contribution in [0.5, 0.6) is 0 Å². The van der Waals surface area contributed by atoms with Crippen LogP contribution in [-0.4, -0.2) is 20.2 Å². The lowest BCUT2D eigenvalue weighted by atomic mass is 10.7. The van der Waals surface area contributed by atoms with Gasteiger partial charge >= 0.3 is 0 Å². The van der Waals surface area contributed by atoms with Gasteiger partial charge in [0.1, 0.15) is 16.9 Å². The van der Waals surface area contributed by atoms with Gasteiger partial charge in [-0.05, 0) is 27.7 Å². The minimum atomic E-state index is 0.853. The van der Waals surface area contributed by atoms with Gasteiger partial charge in [0, 0.05) is 6.20 Å². The van der Waals surface area contributed by atoms with Crippen molar-refractivity contribution >= 4 is 39.0 Å². The molecule has 0 saturated heterocycles. The average Bonchev–Trinajstić information content (AvgIpc) is 2.61. The van der Waals surface area contributed by atoms with Crippen molar-refractivity contribution in [3.8, 4) is 0 Å². The van der Waals surface area contributed by atoms with Gasteiger partial charge < -0.3 is 0 Å². The Morgan fingerprint density at radius 1 is 1.46 bits per heavy atom. The zero-order valence-corrected chi connectivity index (χ0v) is 9.43. The monoisotopic (exact) mass is 274 g/mol. The molecule has 0 aliphatic rings. The molecule has 0 fully saturated rings. The van der Waals surface area contributed by atoms with Crippen molar-refractivity contribution in [1.29, 1.82) is 0 Å². The first kappa shape index (κ1) is 9.04. The van der Waals surface area contributed by atoms with Crippen LogP contribution in [0.2, 0.25) is 0 Å². The molecule has 2 heterocycles. The van der Waals surface area contributed by atoms with Gasteiger partial charge in [-0.15, -0.1) is 10.2 Å². The average molecular weight is 275 g/mol. The highest BCUT2D eigenvalue weighted by Crippen LogP contribution is 2.31. The molecule has 0 N–H and O–H groups in total. The van der Waals surface area contributed by atoms with E-state index in [1.807, 2.05) is 0 Å².